The lowest BCUT2D eigenvalue weighted by atomic mass is 10.0. The lowest BCUT2D eigenvalue weighted by Gasteiger charge is -2.15. The molecule has 0 saturated carbocycles. The summed E-state index contributed by atoms with van der Waals surface area (Å²) in [6.07, 6.45) is 38.4. The van der Waals surface area contributed by atoms with Gasteiger partial charge in [0.1, 0.15) is 13.2 Å². The number of ether oxygens (including phenoxy) is 1. The molecule has 0 heterocycles. The predicted octanol–water partition coefficient (Wildman–Crippen LogP) is 10.2. The van der Waals surface area contributed by atoms with Crippen LogP contribution in [0.25, 0.3) is 0 Å². The van der Waals surface area contributed by atoms with Gasteiger partial charge < -0.3 is 14.7 Å². The van der Waals surface area contributed by atoms with Crippen LogP contribution in [0.3, 0.4) is 0 Å². The number of rotatable bonds is 36. The van der Waals surface area contributed by atoms with Gasteiger partial charge in [0.05, 0.1) is 6.42 Å². The summed E-state index contributed by atoms with van der Waals surface area (Å²) in [4.78, 5) is 17.4. The molecule has 5 heteroatoms. The molecular formula is C39H79N2O3+. The van der Waals surface area contributed by atoms with E-state index in [2.05, 4.69) is 30.8 Å². The van der Waals surface area contributed by atoms with E-state index in [1.165, 1.54) is 154 Å². The first-order valence-electron chi connectivity index (χ1n) is 19.7. The molecule has 0 spiro atoms. The number of aliphatic hydroxyl groups is 1. The van der Waals surface area contributed by atoms with Crippen LogP contribution in [0.2, 0.25) is 0 Å². The molecule has 0 aliphatic heterocycles. The maximum atomic E-state index is 12.0. The van der Waals surface area contributed by atoms with Crippen molar-refractivity contribution in [1.29, 1.82) is 0 Å². The molecule has 0 aromatic heterocycles. The van der Waals surface area contributed by atoms with E-state index in [9.17, 15) is 9.90 Å². The van der Waals surface area contributed by atoms with Gasteiger partial charge in [-0.1, -0.05) is 168 Å². The summed E-state index contributed by atoms with van der Waals surface area (Å²) in [6.45, 7) is 7.53. The highest BCUT2D eigenvalue weighted by atomic mass is 16.5. The topological polar surface area (TPSA) is 63.7 Å². The fraction of sp³-hybridized carbons (Fsp3) is 0.949. The lowest BCUT2D eigenvalue weighted by molar-refractivity contribution is -0.468. The molecule has 0 amide bonds. The fourth-order valence-electron chi connectivity index (χ4n) is 5.94. The third-order valence-corrected chi connectivity index (χ3v) is 9.03. The van der Waals surface area contributed by atoms with E-state index in [1.54, 1.807) is 0 Å². The second-order valence-corrected chi connectivity index (χ2v) is 13.6. The van der Waals surface area contributed by atoms with Crippen molar-refractivity contribution in [2.75, 3.05) is 33.3 Å². The molecule has 0 aromatic rings. The zero-order valence-electron chi connectivity index (χ0n) is 30.3. The van der Waals surface area contributed by atoms with E-state index in [-0.39, 0.29) is 5.97 Å². The van der Waals surface area contributed by atoms with Crippen molar-refractivity contribution in [3.05, 3.63) is 0 Å². The Morgan fingerprint density at radius 2 is 0.909 bits per heavy atom. The fourth-order valence-corrected chi connectivity index (χ4v) is 5.94. The average molecular weight is 624 g/mol. The third-order valence-electron chi connectivity index (χ3n) is 9.03. The van der Waals surface area contributed by atoms with Gasteiger partial charge in [-0.2, -0.15) is 0 Å². The second kappa shape index (κ2) is 36.4. The number of hydrogen-bond acceptors (Lipinski definition) is 3. The highest BCUT2D eigenvalue weighted by molar-refractivity contribution is 5.69. The quantitative estimate of drug-likeness (QED) is 0.0315. The van der Waals surface area contributed by atoms with Crippen LogP contribution >= 0.6 is 0 Å². The molecule has 0 fully saturated rings. The molecule has 2 N–H and O–H groups in total. The van der Waals surface area contributed by atoms with Gasteiger partial charge >= 0.3 is 11.9 Å². The summed E-state index contributed by atoms with van der Waals surface area (Å²) >= 11 is 0. The number of likely N-dealkylation sites (N-methyl/N-ethyl adjacent to an activating group) is 1. The number of carbonyl (C=O) groups excluding carboxylic acids is 1. The van der Waals surface area contributed by atoms with Gasteiger partial charge in [0.2, 0.25) is 0 Å². The Balaban J connectivity index is 3.42. The largest absolute Gasteiger partial charge is 0.464 e. The van der Waals surface area contributed by atoms with E-state index in [4.69, 9.17) is 4.74 Å². The highest BCUT2D eigenvalue weighted by Crippen LogP contribution is 2.14. The standard InChI is InChI=1S/C39H78N2O3/c1-4-6-8-10-12-14-16-18-19-20-21-23-25-27-29-33-39(43)44-37-36-41(3)35-31-32-38(42)40-34-30-28-26-24-22-17-15-13-11-9-7-5-2/h4-37H2,1-3H3,(H,40,42)/p+1. The van der Waals surface area contributed by atoms with Crippen molar-refractivity contribution in [1.82, 2.24) is 4.90 Å². The van der Waals surface area contributed by atoms with Crippen LogP contribution in [0.5, 0.6) is 0 Å². The monoisotopic (exact) mass is 624 g/mol. The summed E-state index contributed by atoms with van der Waals surface area (Å²) in [5.74, 6) is 0.359. The van der Waals surface area contributed by atoms with Crippen LogP contribution in [-0.2, 0) is 9.53 Å². The molecule has 0 aliphatic rings. The van der Waals surface area contributed by atoms with Crippen molar-refractivity contribution in [2.24, 2.45) is 0 Å². The zero-order valence-corrected chi connectivity index (χ0v) is 30.3. The predicted molar refractivity (Wildman–Crippen MR) is 192 cm³/mol. The Morgan fingerprint density at radius 3 is 1.34 bits per heavy atom. The minimum absolute atomic E-state index is 0.0546. The van der Waals surface area contributed by atoms with Crippen molar-refractivity contribution < 1.29 is 19.6 Å². The number of unbranched alkanes of at least 4 members (excludes halogenated alkanes) is 25. The van der Waals surface area contributed by atoms with E-state index in [0.29, 0.717) is 25.3 Å². The summed E-state index contributed by atoms with van der Waals surface area (Å²) in [7, 11) is 2.05. The Kier molecular flexibility index (Phi) is 35.5. The molecule has 0 bridgehead atoms. The number of carbonyl (C=O) groups is 1. The number of hydrogen-bond donors (Lipinski definition) is 2. The maximum absolute atomic E-state index is 12.0. The average Bonchev–Trinajstić information content (AvgIpc) is 3.01. The number of aliphatic hydroxyl groups excluding tert-OH is 1. The lowest BCUT2D eigenvalue weighted by Crippen LogP contribution is -2.73. The summed E-state index contributed by atoms with van der Waals surface area (Å²) in [5, 5.41) is 10.1. The van der Waals surface area contributed by atoms with E-state index < -0.39 is 0 Å². The second-order valence-electron chi connectivity index (χ2n) is 13.6. The van der Waals surface area contributed by atoms with Crippen molar-refractivity contribution in [3.8, 4) is 0 Å². The molecule has 262 valence electrons. The van der Waals surface area contributed by atoms with Crippen molar-refractivity contribution in [3.63, 3.8) is 0 Å². The molecule has 0 rings (SSSR count). The first-order valence-corrected chi connectivity index (χ1v) is 19.7. The summed E-state index contributed by atoms with van der Waals surface area (Å²) in [5.41, 5.74) is 0. The first-order chi connectivity index (χ1) is 21.6. The van der Waals surface area contributed by atoms with Gasteiger partial charge in [-0.3, -0.25) is 4.79 Å². The van der Waals surface area contributed by atoms with Gasteiger partial charge in [0.15, 0.2) is 0 Å². The molecular weight excluding hydrogens is 544 g/mol. The molecule has 0 unspecified atom stereocenters. The SMILES string of the molecule is CCCCCCCCCCCCCCCCCC(=O)OCCN(C)CCCC(O)=[NH+]CCCCCCCCCCCCCC. The molecule has 0 radical (unpaired) electrons. The van der Waals surface area contributed by atoms with Crippen LogP contribution < -0.4 is 4.99 Å². The van der Waals surface area contributed by atoms with Crippen LogP contribution in [-0.4, -0.2) is 55.2 Å². The van der Waals surface area contributed by atoms with E-state index in [0.717, 1.165) is 45.3 Å². The van der Waals surface area contributed by atoms with Gasteiger partial charge in [-0.15, -0.1) is 0 Å². The van der Waals surface area contributed by atoms with Crippen LogP contribution in [0.15, 0.2) is 0 Å². The van der Waals surface area contributed by atoms with Crippen molar-refractivity contribution >= 4 is 11.9 Å². The summed E-state index contributed by atoms with van der Waals surface area (Å²) < 4.78 is 5.44. The Hall–Kier alpha value is -1.10. The number of esters is 1. The summed E-state index contributed by atoms with van der Waals surface area (Å²) in [6, 6.07) is 0. The molecule has 0 atom stereocenters. The van der Waals surface area contributed by atoms with Gasteiger partial charge in [-0.25, -0.2) is 4.99 Å². The molecule has 0 aromatic carbocycles. The van der Waals surface area contributed by atoms with E-state index in [1.807, 2.05) is 0 Å². The maximum Gasteiger partial charge on any atom is 0.332 e. The van der Waals surface area contributed by atoms with Crippen molar-refractivity contribution in [2.45, 2.75) is 206 Å². The van der Waals surface area contributed by atoms with Crippen LogP contribution in [0.4, 0.5) is 0 Å². The molecule has 0 saturated heterocycles. The Labute approximate surface area is 275 Å². The van der Waals surface area contributed by atoms with Gasteiger partial charge in [0, 0.05) is 19.4 Å². The number of nitrogens with one attached hydrogen (secondary N) is 1. The molecule has 44 heavy (non-hydrogen) atoms. The highest BCUT2D eigenvalue weighted by Gasteiger charge is 2.07. The van der Waals surface area contributed by atoms with E-state index >= 15 is 0 Å². The normalized spacial score (nSPS) is 12.0. The Bertz CT molecular complexity index is 610. The van der Waals surface area contributed by atoms with Crippen LogP contribution in [0, 0.1) is 0 Å². The molecule has 5 nitrogen and oxygen atoms in total. The smallest absolute Gasteiger partial charge is 0.332 e. The van der Waals surface area contributed by atoms with Crippen LogP contribution in [0.1, 0.15) is 206 Å². The number of nitrogens with zero attached hydrogens (tertiary/aromatic N) is 1. The zero-order chi connectivity index (χ0) is 32.2. The van der Waals surface area contributed by atoms with Gasteiger partial charge in [-0.05, 0) is 32.9 Å². The Morgan fingerprint density at radius 1 is 0.523 bits per heavy atom. The van der Waals surface area contributed by atoms with Gasteiger partial charge in [0.25, 0.3) is 0 Å². The third kappa shape index (κ3) is 35.4. The minimum Gasteiger partial charge on any atom is -0.464 e. The molecule has 0 aliphatic carbocycles. The first kappa shape index (κ1) is 42.9. The minimum atomic E-state index is -0.0546.